The Hall–Kier alpha value is -1.06. The van der Waals surface area contributed by atoms with E-state index >= 15 is 0 Å². The van der Waals surface area contributed by atoms with Crippen molar-refractivity contribution >= 4 is 18.3 Å². The number of amides is 1. The van der Waals surface area contributed by atoms with Crippen molar-refractivity contribution in [3.05, 3.63) is 35.4 Å². The zero-order valence-electron chi connectivity index (χ0n) is 12.2. The number of piperidine rings is 1. The molecule has 4 heteroatoms. The first-order chi connectivity index (χ1) is 9.84. The third kappa shape index (κ3) is 2.69. The largest absolute Gasteiger partial charge is 0.352 e. The molecule has 4 rings (SSSR count). The SMILES string of the molecule is Cl.O=C(NC1C2CCc3ccccc3C21)C1CCNCC1. The predicted octanol–water partition coefficient (Wildman–Crippen LogP) is 2.25. The van der Waals surface area contributed by atoms with Crippen LogP contribution < -0.4 is 10.6 Å². The van der Waals surface area contributed by atoms with Gasteiger partial charge < -0.3 is 10.6 Å². The fraction of sp³-hybridized carbons (Fsp3) is 0.588. The maximum absolute atomic E-state index is 12.4. The molecular weight excluding hydrogens is 284 g/mol. The van der Waals surface area contributed by atoms with E-state index in [9.17, 15) is 4.79 Å². The molecule has 1 saturated carbocycles. The van der Waals surface area contributed by atoms with Crippen LogP contribution in [0, 0.1) is 11.8 Å². The van der Waals surface area contributed by atoms with Crippen LogP contribution in [0.1, 0.15) is 36.3 Å². The number of halogens is 1. The Morgan fingerprint density at radius 1 is 1.14 bits per heavy atom. The summed E-state index contributed by atoms with van der Waals surface area (Å²) in [5.74, 6) is 1.80. The number of benzene rings is 1. The number of carbonyl (C=O) groups excluding carboxylic acids is 1. The van der Waals surface area contributed by atoms with Gasteiger partial charge in [-0.25, -0.2) is 0 Å². The first-order valence-electron chi connectivity index (χ1n) is 7.93. The quantitative estimate of drug-likeness (QED) is 0.880. The Morgan fingerprint density at radius 2 is 1.90 bits per heavy atom. The second kappa shape index (κ2) is 5.98. The average Bonchev–Trinajstić information content (AvgIpc) is 3.22. The second-order valence-electron chi connectivity index (χ2n) is 6.49. The summed E-state index contributed by atoms with van der Waals surface area (Å²) in [6.07, 6.45) is 4.39. The maximum atomic E-state index is 12.4. The fourth-order valence-corrected chi connectivity index (χ4v) is 4.13. The van der Waals surface area contributed by atoms with E-state index in [0.29, 0.717) is 23.8 Å². The molecule has 1 aromatic rings. The maximum Gasteiger partial charge on any atom is 0.223 e. The summed E-state index contributed by atoms with van der Waals surface area (Å²) in [5, 5.41) is 6.66. The first kappa shape index (κ1) is 14.9. The summed E-state index contributed by atoms with van der Waals surface area (Å²) >= 11 is 0. The lowest BCUT2D eigenvalue weighted by atomic mass is 9.92. The summed E-state index contributed by atoms with van der Waals surface area (Å²) in [5.41, 5.74) is 2.98. The molecule has 114 valence electrons. The van der Waals surface area contributed by atoms with Crippen LogP contribution >= 0.6 is 12.4 Å². The molecule has 1 heterocycles. The molecule has 2 N–H and O–H groups in total. The number of hydrogen-bond acceptors (Lipinski definition) is 2. The van der Waals surface area contributed by atoms with Gasteiger partial charge >= 0.3 is 0 Å². The summed E-state index contributed by atoms with van der Waals surface area (Å²) in [6, 6.07) is 9.16. The van der Waals surface area contributed by atoms with Crippen molar-refractivity contribution in [2.75, 3.05) is 13.1 Å². The number of rotatable bonds is 2. The van der Waals surface area contributed by atoms with Gasteiger partial charge in [0.25, 0.3) is 0 Å². The van der Waals surface area contributed by atoms with E-state index in [1.54, 1.807) is 0 Å². The van der Waals surface area contributed by atoms with Crippen LogP contribution in [0.4, 0.5) is 0 Å². The molecule has 0 bridgehead atoms. The van der Waals surface area contributed by atoms with Crippen molar-refractivity contribution in [1.29, 1.82) is 0 Å². The molecular formula is C17H23ClN2O. The molecule has 1 aromatic carbocycles. The Morgan fingerprint density at radius 3 is 2.71 bits per heavy atom. The molecule has 0 spiro atoms. The van der Waals surface area contributed by atoms with Crippen molar-refractivity contribution in [2.24, 2.45) is 11.8 Å². The topological polar surface area (TPSA) is 41.1 Å². The smallest absolute Gasteiger partial charge is 0.223 e. The van der Waals surface area contributed by atoms with Gasteiger partial charge in [-0.1, -0.05) is 24.3 Å². The Kier molecular flexibility index (Phi) is 4.23. The van der Waals surface area contributed by atoms with Crippen LogP contribution in [0.2, 0.25) is 0 Å². The molecule has 0 radical (unpaired) electrons. The number of carbonyl (C=O) groups is 1. The number of nitrogens with one attached hydrogen (secondary N) is 2. The molecule has 1 amide bonds. The van der Waals surface area contributed by atoms with Gasteiger partial charge in [-0.3, -0.25) is 4.79 Å². The van der Waals surface area contributed by atoms with Crippen molar-refractivity contribution in [1.82, 2.24) is 10.6 Å². The zero-order chi connectivity index (χ0) is 13.5. The Bertz CT molecular complexity index is 527. The lowest BCUT2D eigenvalue weighted by Crippen LogP contribution is -2.39. The highest BCUT2D eigenvalue weighted by Crippen LogP contribution is 2.54. The van der Waals surface area contributed by atoms with E-state index < -0.39 is 0 Å². The monoisotopic (exact) mass is 306 g/mol. The van der Waals surface area contributed by atoms with Gasteiger partial charge in [0.15, 0.2) is 0 Å². The zero-order valence-corrected chi connectivity index (χ0v) is 13.0. The van der Waals surface area contributed by atoms with E-state index in [-0.39, 0.29) is 18.3 Å². The average molecular weight is 307 g/mol. The van der Waals surface area contributed by atoms with Crippen LogP contribution in [-0.2, 0) is 11.2 Å². The van der Waals surface area contributed by atoms with E-state index in [4.69, 9.17) is 0 Å². The van der Waals surface area contributed by atoms with Crippen molar-refractivity contribution < 1.29 is 4.79 Å². The van der Waals surface area contributed by atoms with Crippen molar-refractivity contribution in [3.63, 3.8) is 0 Å². The third-order valence-electron chi connectivity index (χ3n) is 5.35. The van der Waals surface area contributed by atoms with E-state index in [2.05, 4.69) is 34.9 Å². The molecule has 2 fully saturated rings. The summed E-state index contributed by atoms with van der Waals surface area (Å²) in [4.78, 5) is 12.4. The molecule has 21 heavy (non-hydrogen) atoms. The minimum absolute atomic E-state index is 0. The predicted molar refractivity (Wildman–Crippen MR) is 85.8 cm³/mol. The minimum atomic E-state index is 0. The lowest BCUT2D eigenvalue weighted by Gasteiger charge is -2.21. The molecule has 3 nitrogen and oxygen atoms in total. The van der Waals surface area contributed by atoms with Gasteiger partial charge in [0.05, 0.1) is 0 Å². The molecule has 3 atom stereocenters. The summed E-state index contributed by atoms with van der Waals surface area (Å²) in [7, 11) is 0. The standard InChI is InChI=1S/C17H22N2O.ClH/c20-17(12-7-9-18-10-8-12)19-16-14-6-5-11-3-1-2-4-13(11)15(14)16;/h1-4,12,14-16,18H,5-10H2,(H,19,20);1H. The van der Waals surface area contributed by atoms with Crippen molar-refractivity contribution in [2.45, 2.75) is 37.6 Å². The molecule has 0 aromatic heterocycles. The lowest BCUT2D eigenvalue weighted by molar-refractivity contribution is -0.126. The number of hydrogen-bond donors (Lipinski definition) is 2. The van der Waals surface area contributed by atoms with Gasteiger partial charge in [0.1, 0.15) is 0 Å². The molecule has 1 saturated heterocycles. The summed E-state index contributed by atoms with van der Waals surface area (Å²) < 4.78 is 0. The van der Waals surface area contributed by atoms with Gasteiger partial charge in [-0.2, -0.15) is 0 Å². The molecule has 3 aliphatic rings. The van der Waals surface area contributed by atoms with Crippen LogP contribution in [0.15, 0.2) is 24.3 Å². The van der Waals surface area contributed by atoms with Crippen LogP contribution in [0.3, 0.4) is 0 Å². The number of aryl methyl sites for hydroxylation is 1. The molecule has 1 aliphatic heterocycles. The van der Waals surface area contributed by atoms with Gasteiger partial charge in [0.2, 0.25) is 5.91 Å². The summed E-state index contributed by atoms with van der Waals surface area (Å²) in [6.45, 7) is 1.97. The normalized spacial score (nSPS) is 30.6. The Labute approximate surface area is 132 Å². The Balaban J connectivity index is 0.00000132. The highest BCUT2D eigenvalue weighted by atomic mass is 35.5. The van der Waals surface area contributed by atoms with Gasteiger partial charge in [-0.15, -0.1) is 12.4 Å². The fourth-order valence-electron chi connectivity index (χ4n) is 4.13. The first-order valence-corrected chi connectivity index (χ1v) is 7.93. The van der Waals surface area contributed by atoms with Crippen LogP contribution in [0.5, 0.6) is 0 Å². The van der Waals surface area contributed by atoms with E-state index in [1.165, 1.54) is 24.0 Å². The highest BCUT2D eigenvalue weighted by Gasteiger charge is 2.54. The molecule has 2 aliphatic carbocycles. The van der Waals surface area contributed by atoms with Crippen LogP contribution in [-0.4, -0.2) is 25.0 Å². The number of fused-ring (bicyclic) bond motifs is 3. The highest BCUT2D eigenvalue weighted by molar-refractivity contribution is 5.85. The third-order valence-corrected chi connectivity index (χ3v) is 5.35. The van der Waals surface area contributed by atoms with Crippen LogP contribution in [0.25, 0.3) is 0 Å². The van der Waals surface area contributed by atoms with E-state index in [0.717, 1.165) is 25.9 Å². The van der Waals surface area contributed by atoms with E-state index in [1.807, 2.05) is 0 Å². The van der Waals surface area contributed by atoms with Gasteiger partial charge in [0, 0.05) is 17.9 Å². The van der Waals surface area contributed by atoms with Gasteiger partial charge in [-0.05, 0) is 55.8 Å². The van der Waals surface area contributed by atoms with Crippen molar-refractivity contribution in [3.8, 4) is 0 Å². The second-order valence-corrected chi connectivity index (χ2v) is 6.49. The molecule has 3 unspecified atom stereocenters. The minimum Gasteiger partial charge on any atom is -0.352 e.